The first kappa shape index (κ1) is 18.5. The van der Waals surface area contributed by atoms with E-state index in [9.17, 15) is 5.11 Å². The molecule has 28 heavy (non-hydrogen) atoms. The number of ether oxygens (including phenoxy) is 2. The van der Waals surface area contributed by atoms with Crippen molar-refractivity contribution in [2.24, 2.45) is 0 Å². The molecule has 0 radical (unpaired) electrons. The third-order valence-corrected chi connectivity index (χ3v) is 5.41. The number of fused-ring (bicyclic) bond motifs is 3. The molecule has 0 saturated heterocycles. The van der Waals surface area contributed by atoms with Gasteiger partial charge < -0.3 is 19.5 Å². The lowest BCUT2D eigenvalue weighted by atomic mass is 10.0. The second-order valence-corrected chi connectivity index (χ2v) is 7.36. The van der Waals surface area contributed by atoms with Crippen molar-refractivity contribution in [1.82, 2.24) is 0 Å². The Labute approximate surface area is 166 Å². The Morgan fingerprint density at radius 3 is 2.79 bits per heavy atom. The number of hydrogen-bond acceptors (Lipinski definition) is 4. The van der Waals surface area contributed by atoms with Crippen molar-refractivity contribution in [2.75, 3.05) is 25.1 Å². The molecule has 1 aliphatic heterocycles. The van der Waals surface area contributed by atoms with E-state index in [4.69, 9.17) is 9.47 Å². The van der Waals surface area contributed by atoms with E-state index < -0.39 is 0 Å². The number of aryl methyl sites for hydroxylation is 1. The van der Waals surface area contributed by atoms with Crippen molar-refractivity contribution in [3.8, 4) is 17.2 Å². The van der Waals surface area contributed by atoms with Crippen LogP contribution in [0.3, 0.4) is 0 Å². The molecule has 0 bridgehead atoms. The molecule has 4 heteroatoms. The third-order valence-electron chi connectivity index (χ3n) is 5.41. The minimum atomic E-state index is 0.0944. The van der Waals surface area contributed by atoms with Crippen LogP contribution in [0.1, 0.15) is 25.3 Å². The van der Waals surface area contributed by atoms with E-state index in [-0.39, 0.29) is 11.9 Å². The number of rotatable bonds is 6. The Bertz CT molecular complexity index is 969. The maximum atomic E-state index is 9.99. The molecule has 1 heterocycles. The minimum absolute atomic E-state index is 0.0944. The van der Waals surface area contributed by atoms with Crippen molar-refractivity contribution in [2.45, 2.75) is 32.3 Å². The lowest BCUT2D eigenvalue weighted by molar-refractivity contribution is 0.186. The van der Waals surface area contributed by atoms with Crippen LogP contribution >= 0.6 is 0 Å². The number of para-hydroxylation sites is 1. The predicted octanol–water partition coefficient (Wildman–Crippen LogP) is 5.16. The molecule has 3 aromatic rings. The van der Waals surface area contributed by atoms with Crippen LogP contribution in [0.2, 0.25) is 0 Å². The molecule has 4 rings (SSSR count). The average Bonchev–Trinajstić information content (AvgIpc) is 2.72. The quantitative estimate of drug-likeness (QED) is 0.644. The van der Waals surface area contributed by atoms with Gasteiger partial charge in [-0.1, -0.05) is 37.3 Å². The van der Waals surface area contributed by atoms with Crippen LogP contribution in [0.4, 0.5) is 5.69 Å². The van der Waals surface area contributed by atoms with Crippen LogP contribution in [-0.2, 0) is 6.42 Å². The second kappa shape index (κ2) is 8.01. The van der Waals surface area contributed by atoms with Gasteiger partial charge in [-0.15, -0.1) is 0 Å². The van der Waals surface area contributed by atoms with Crippen molar-refractivity contribution < 1.29 is 14.6 Å². The highest BCUT2D eigenvalue weighted by Crippen LogP contribution is 2.41. The predicted molar refractivity (Wildman–Crippen MR) is 114 cm³/mol. The van der Waals surface area contributed by atoms with Gasteiger partial charge in [0.15, 0.2) is 5.75 Å². The summed E-state index contributed by atoms with van der Waals surface area (Å²) in [6, 6.07) is 17.9. The number of anilines is 1. The summed E-state index contributed by atoms with van der Waals surface area (Å²) in [4.78, 5) is 2.41. The van der Waals surface area contributed by atoms with Gasteiger partial charge >= 0.3 is 0 Å². The molecule has 0 fully saturated rings. The fourth-order valence-corrected chi connectivity index (χ4v) is 4.05. The summed E-state index contributed by atoms with van der Waals surface area (Å²) in [6.07, 6.45) is 2.99. The van der Waals surface area contributed by atoms with Crippen LogP contribution in [0, 0.1) is 0 Å². The fourth-order valence-electron chi connectivity index (χ4n) is 4.05. The van der Waals surface area contributed by atoms with Gasteiger partial charge in [0.1, 0.15) is 17.6 Å². The first-order valence-electron chi connectivity index (χ1n) is 9.99. The molecule has 146 valence electrons. The summed E-state index contributed by atoms with van der Waals surface area (Å²) in [7, 11) is 1.72. The van der Waals surface area contributed by atoms with E-state index in [1.807, 2.05) is 18.2 Å². The molecule has 1 unspecified atom stereocenters. The monoisotopic (exact) mass is 377 g/mol. The zero-order valence-electron chi connectivity index (χ0n) is 16.5. The maximum absolute atomic E-state index is 9.99. The van der Waals surface area contributed by atoms with Crippen molar-refractivity contribution >= 4 is 16.5 Å². The molecule has 0 aliphatic carbocycles. The van der Waals surface area contributed by atoms with Crippen LogP contribution in [0.25, 0.3) is 10.8 Å². The topological polar surface area (TPSA) is 41.9 Å². The molecule has 3 aromatic carbocycles. The zero-order valence-corrected chi connectivity index (χ0v) is 16.5. The van der Waals surface area contributed by atoms with Crippen molar-refractivity contribution in [1.29, 1.82) is 0 Å². The number of phenols is 1. The normalized spacial score (nSPS) is 15.9. The van der Waals surface area contributed by atoms with E-state index >= 15 is 0 Å². The molecule has 0 amide bonds. The number of benzene rings is 3. The molecular weight excluding hydrogens is 350 g/mol. The summed E-state index contributed by atoms with van der Waals surface area (Å²) in [5.41, 5.74) is 2.32. The van der Waals surface area contributed by atoms with Crippen LogP contribution in [0.15, 0.2) is 54.6 Å². The summed E-state index contributed by atoms with van der Waals surface area (Å²) in [5, 5.41) is 12.0. The average molecular weight is 377 g/mol. The van der Waals surface area contributed by atoms with E-state index in [1.54, 1.807) is 19.2 Å². The molecule has 1 aliphatic rings. The molecule has 4 nitrogen and oxygen atoms in total. The van der Waals surface area contributed by atoms with E-state index in [1.165, 1.54) is 5.56 Å². The minimum Gasteiger partial charge on any atom is -0.508 e. The van der Waals surface area contributed by atoms with E-state index in [2.05, 4.69) is 36.1 Å². The SMILES string of the molecule is CCCN1CC(CCc2ccccc2OC)Oc2c1ccc1ccc(O)cc21. The molecule has 1 N–H and O–H groups in total. The zero-order chi connectivity index (χ0) is 19.5. The number of methoxy groups -OCH3 is 1. The Morgan fingerprint density at radius 1 is 1.14 bits per heavy atom. The maximum Gasteiger partial charge on any atom is 0.151 e. The smallest absolute Gasteiger partial charge is 0.151 e. The van der Waals surface area contributed by atoms with Gasteiger partial charge in [0.05, 0.1) is 19.3 Å². The van der Waals surface area contributed by atoms with Crippen molar-refractivity contribution in [3.63, 3.8) is 0 Å². The highest BCUT2D eigenvalue weighted by molar-refractivity contribution is 5.95. The number of hydrogen-bond donors (Lipinski definition) is 1. The van der Waals surface area contributed by atoms with Crippen molar-refractivity contribution in [3.05, 3.63) is 60.2 Å². The summed E-state index contributed by atoms with van der Waals surface area (Å²) >= 11 is 0. The molecule has 0 aromatic heterocycles. The standard InChI is InChI=1S/C24H27NO3/c1-3-14-25-16-20(12-9-18-6-4-5-7-23(18)27-2)28-24-21-15-19(26)11-8-17(21)10-13-22(24)25/h4-8,10-11,13,15,20,26H,3,9,12,14,16H2,1-2H3. The lowest BCUT2D eigenvalue weighted by Crippen LogP contribution is -2.40. The Hall–Kier alpha value is -2.88. The van der Waals surface area contributed by atoms with Gasteiger partial charge in [0, 0.05) is 11.9 Å². The fraction of sp³-hybridized carbons (Fsp3) is 0.333. The molecule has 1 atom stereocenters. The first-order valence-corrected chi connectivity index (χ1v) is 9.99. The Morgan fingerprint density at radius 2 is 1.96 bits per heavy atom. The first-order chi connectivity index (χ1) is 13.7. The van der Waals surface area contributed by atoms with Gasteiger partial charge in [0.2, 0.25) is 0 Å². The largest absolute Gasteiger partial charge is 0.508 e. The van der Waals surface area contributed by atoms with E-state index in [0.29, 0.717) is 0 Å². The molecule has 0 saturated carbocycles. The highest BCUT2D eigenvalue weighted by atomic mass is 16.5. The number of nitrogens with zero attached hydrogens (tertiary/aromatic N) is 1. The highest BCUT2D eigenvalue weighted by Gasteiger charge is 2.27. The summed E-state index contributed by atoms with van der Waals surface area (Å²) < 4.78 is 12.0. The van der Waals surface area contributed by atoms with Crippen LogP contribution in [0.5, 0.6) is 17.2 Å². The molecule has 0 spiro atoms. The number of aromatic hydroxyl groups is 1. The van der Waals surface area contributed by atoms with Crippen LogP contribution in [-0.4, -0.2) is 31.4 Å². The lowest BCUT2D eigenvalue weighted by Gasteiger charge is -2.37. The van der Waals surface area contributed by atoms with E-state index in [0.717, 1.165) is 60.3 Å². The third kappa shape index (κ3) is 3.59. The van der Waals surface area contributed by atoms with Gasteiger partial charge in [-0.2, -0.15) is 0 Å². The Balaban J connectivity index is 1.63. The second-order valence-electron chi connectivity index (χ2n) is 7.36. The summed E-state index contributed by atoms with van der Waals surface area (Å²) in [5.74, 6) is 2.08. The van der Waals surface area contributed by atoms with Gasteiger partial charge in [-0.3, -0.25) is 0 Å². The van der Waals surface area contributed by atoms with Gasteiger partial charge in [0.25, 0.3) is 0 Å². The van der Waals surface area contributed by atoms with Gasteiger partial charge in [-0.25, -0.2) is 0 Å². The Kier molecular flexibility index (Phi) is 5.29. The van der Waals surface area contributed by atoms with Gasteiger partial charge in [-0.05, 0) is 54.5 Å². The number of phenolic OH excluding ortho intramolecular Hbond substituents is 1. The summed E-state index contributed by atoms with van der Waals surface area (Å²) in [6.45, 7) is 4.07. The molecular formula is C24H27NO3. The van der Waals surface area contributed by atoms with Crippen LogP contribution < -0.4 is 14.4 Å².